The van der Waals surface area contributed by atoms with Crippen LogP contribution in [-0.2, 0) is 0 Å². The monoisotopic (exact) mass is 275 g/mol. The van der Waals surface area contributed by atoms with Crippen LogP contribution >= 0.6 is 0 Å². The number of nitrogens with zero attached hydrogens (tertiary/aromatic N) is 1. The normalized spacial score (nSPS) is 18.8. The molecule has 0 bridgehead atoms. The molecule has 1 fully saturated rings. The Bertz CT molecular complexity index is 498. The van der Waals surface area contributed by atoms with Crippen molar-refractivity contribution < 1.29 is 9.90 Å². The molecular formula is C17H25NO2. The maximum Gasteiger partial charge on any atom is 0.257 e. The molecule has 3 nitrogen and oxygen atoms in total. The Balaban J connectivity index is 2.11. The quantitative estimate of drug-likeness (QED) is 0.893. The van der Waals surface area contributed by atoms with E-state index in [2.05, 4.69) is 13.8 Å². The number of aryl methyl sites for hydroxylation is 1. The molecule has 1 saturated carbocycles. The molecular weight excluding hydrogens is 250 g/mol. The lowest BCUT2D eigenvalue weighted by Crippen LogP contribution is -2.40. The smallest absolute Gasteiger partial charge is 0.257 e. The van der Waals surface area contributed by atoms with Crippen LogP contribution < -0.4 is 0 Å². The van der Waals surface area contributed by atoms with Crippen molar-refractivity contribution in [3.63, 3.8) is 0 Å². The Labute approximate surface area is 121 Å². The van der Waals surface area contributed by atoms with E-state index in [9.17, 15) is 9.90 Å². The number of amides is 1. The van der Waals surface area contributed by atoms with Gasteiger partial charge in [0.2, 0.25) is 0 Å². The zero-order valence-corrected chi connectivity index (χ0v) is 12.9. The summed E-state index contributed by atoms with van der Waals surface area (Å²) in [7, 11) is 1.85. The predicted molar refractivity (Wildman–Crippen MR) is 81.0 cm³/mol. The molecule has 1 aromatic rings. The molecule has 1 N–H and O–H groups in total. The van der Waals surface area contributed by atoms with Crippen LogP contribution in [0.1, 0.15) is 55.5 Å². The van der Waals surface area contributed by atoms with E-state index in [0.717, 1.165) is 31.2 Å². The number of phenolic OH excluding ortho intramolecular Hbond substituents is 1. The number of phenols is 1. The minimum absolute atomic E-state index is 0.0732. The molecule has 1 aliphatic rings. The van der Waals surface area contributed by atoms with Crippen LogP contribution in [0.25, 0.3) is 0 Å². The Morgan fingerprint density at radius 2 is 1.90 bits per heavy atom. The Kier molecular flexibility index (Phi) is 4.07. The van der Waals surface area contributed by atoms with E-state index in [1.807, 2.05) is 31.0 Å². The highest BCUT2D eigenvalue weighted by Gasteiger charge is 2.31. The van der Waals surface area contributed by atoms with Crippen LogP contribution in [0.3, 0.4) is 0 Å². The summed E-state index contributed by atoms with van der Waals surface area (Å²) in [4.78, 5) is 14.4. The van der Waals surface area contributed by atoms with Crippen molar-refractivity contribution in [1.82, 2.24) is 4.90 Å². The summed E-state index contributed by atoms with van der Waals surface area (Å²) in [5, 5.41) is 10.1. The molecule has 0 atom stereocenters. The molecule has 110 valence electrons. The summed E-state index contributed by atoms with van der Waals surface area (Å²) in [5.74, 6) is 0.0383. The van der Waals surface area contributed by atoms with Gasteiger partial charge in [0.15, 0.2) is 0 Å². The van der Waals surface area contributed by atoms with Crippen molar-refractivity contribution >= 4 is 5.91 Å². The van der Waals surface area contributed by atoms with Crippen LogP contribution in [0.2, 0.25) is 0 Å². The van der Waals surface area contributed by atoms with Crippen molar-refractivity contribution in [2.75, 3.05) is 7.05 Å². The summed E-state index contributed by atoms with van der Waals surface area (Å²) >= 11 is 0. The summed E-state index contributed by atoms with van der Waals surface area (Å²) in [5.41, 5.74) is 1.55. The highest BCUT2D eigenvalue weighted by atomic mass is 16.3. The number of hydrogen-bond donors (Lipinski definition) is 1. The zero-order valence-electron chi connectivity index (χ0n) is 12.9. The number of carbonyl (C=O) groups excluding carboxylic acids is 1. The van der Waals surface area contributed by atoms with Gasteiger partial charge in [0.25, 0.3) is 5.91 Å². The lowest BCUT2D eigenvalue weighted by molar-refractivity contribution is 0.0632. The fourth-order valence-corrected chi connectivity index (χ4v) is 2.96. The number of para-hydroxylation sites is 1. The van der Waals surface area contributed by atoms with Gasteiger partial charge in [-0.05, 0) is 49.7 Å². The van der Waals surface area contributed by atoms with E-state index in [4.69, 9.17) is 0 Å². The van der Waals surface area contributed by atoms with Gasteiger partial charge in [-0.3, -0.25) is 4.79 Å². The SMILES string of the molecule is Cc1cccc(C(=O)N(C)C2CCC(C)(C)CC2)c1O. The van der Waals surface area contributed by atoms with Gasteiger partial charge in [-0.2, -0.15) is 0 Å². The number of hydrogen-bond acceptors (Lipinski definition) is 2. The molecule has 0 saturated heterocycles. The Morgan fingerprint density at radius 1 is 1.30 bits per heavy atom. The predicted octanol–water partition coefficient (Wildman–Crippen LogP) is 3.74. The minimum Gasteiger partial charge on any atom is -0.507 e. The number of carbonyl (C=O) groups is 1. The molecule has 3 heteroatoms. The first kappa shape index (κ1) is 14.9. The molecule has 0 aliphatic heterocycles. The molecule has 1 aliphatic carbocycles. The fraction of sp³-hybridized carbons (Fsp3) is 0.588. The van der Waals surface area contributed by atoms with E-state index in [1.54, 1.807) is 6.07 Å². The third-order valence-corrected chi connectivity index (χ3v) is 4.64. The molecule has 1 aromatic carbocycles. The largest absolute Gasteiger partial charge is 0.507 e. The highest BCUT2D eigenvalue weighted by Crippen LogP contribution is 2.37. The molecule has 0 radical (unpaired) electrons. The number of benzene rings is 1. The summed E-state index contributed by atoms with van der Waals surface area (Å²) in [6.07, 6.45) is 4.38. The Hall–Kier alpha value is -1.51. The molecule has 20 heavy (non-hydrogen) atoms. The summed E-state index contributed by atoms with van der Waals surface area (Å²) in [6, 6.07) is 5.62. The minimum atomic E-state index is -0.0732. The van der Waals surface area contributed by atoms with Crippen molar-refractivity contribution in [3.05, 3.63) is 29.3 Å². The first-order chi connectivity index (χ1) is 9.32. The van der Waals surface area contributed by atoms with Crippen LogP contribution in [-0.4, -0.2) is 29.0 Å². The number of aromatic hydroxyl groups is 1. The van der Waals surface area contributed by atoms with Crippen molar-refractivity contribution in [1.29, 1.82) is 0 Å². The van der Waals surface area contributed by atoms with Gasteiger partial charge < -0.3 is 10.0 Å². The van der Waals surface area contributed by atoms with Crippen LogP contribution in [0.4, 0.5) is 0 Å². The van der Waals surface area contributed by atoms with Crippen LogP contribution in [0.5, 0.6) is 5.75 Å². The van der Waals surface area contributed by atoms with Crippen molar-refractivity contribution in [3.8, 4) is 5.75 Å². The molecule has 0 unspecified atom stereocenters. The summed E-state index contributed by atoms with van der Waals surface area (Å²) in [6.45, 7) is 6.39. The van der Waals surface area contributed by atoms with Gasteiger partial charge in [-0.1, -0.05) is 26.0 Å². The van der Waals surface area contributed by atoms with Gasteiger partial charge in [-0.25, -0.2) is 0 Å². The van der Waals surface area contributed by atoms with Gasteiger partial charge >= 0.3 is 0 Å². The maximum atomic E-state index is 12.5. The van der Waals surface area contributed by atoms with E-state index >= 15 is 0 Å². The lowest BCUT2D eigenvalue weighted by Gasteiger charge is -2.38. The second-order valence-corrected chi connectivity index (χ2v) is 6.78. The maximum absolute atomic E-state index is 12.5. The van der Waals surface area contributed by atoms with E-state index in [0.29, 0.717) is 11.0 Å². The third kappa shape index (κ3) is 2.97. The first-order valence-electron chi connectivity index (χ1n) is 7.37. The van der Waals surface area contributed by atoms with Gasteiger partial charge in [0.05, 0.1) is 5.56 Å². The van der Waals surface area contributed by atoms with Crippen LogP contribution in [0, 0.1) is 12.3 Å². The van der Waals surface area contributed by atoms with E-state index in [1.165, 1.54) is 0 Å². The van der Waals surface area contributed by atoms with Crippen LogP contribution in [0.15, 0.2) is 18.2 Å². The van der Waals surface area contributed by atoms with Crippen molar-refractivity contribution in [2.45, 2.75) is 52.5 Å². The zero-order chi connectivity index (χ0) is 14.9. The van der Waals surface area contributed by atoms with Gasteiger partial charge in [0, 0.05) is 13.1 Å². The van der Waals surface area contributed by atoms with Crippen molar-refractivity contribution in [2.24, 2.45) is 5.41 Å². The highest BCUT2D eigenvalue weighted by molar-refractivity contribution is 5.97. The standard InChI is InChI=1S/C17H25NO2/c1-12-6-5-7-14(15(12)19)16(20)18(4)13-8-10-17(2,3)11-9-13/h5-7,13,19H,8-11H2,1-4H3. The van der Waals surface area contributed by atoms with E-state index < -0.39 is 0 Å². The molecule has 0 spiro atoms. The fourth-order valence-electron chi connectivity index (χ4n) is 2.96. The lowest BCUT2D eigenvalue weighted by atomic mass is 9.75. The van der Waals surface area contributed by atoms with E-state index in [-0.39, 0.29) is 17.7 Å². The van der Waals surface area contributed by atoms with Gasteiger partial charge in [-0.15, -0.1) is 0 Å². The van der Waals surface area contributed by atoms with Gasteiger partial charge in [0.1, 0.15) is 5.75 Å². The molecule has 0 heterocycles. The average molecular weight is 275 g/mol. The molecule has 0 aromatic heterocycles. The topological polar surface area (TPSA) is 40.5 Å². The molecule has 1 amide bonds. The third-order valence-electron chi connectivity index (χ3n) is 4.64. The first-order valence-corrected chi connectivity index (χ1v) is 7.37. The Morgan fingerprint density at radius 3 is 2.50 bits per heavy atom. The second-order valence-electron chi connectivity index (χ2n) is 6.78. The second kappa shape index (κ2) is 5.47. The number of rotatable bonds is 2. The summed E-state index contributed by atoms with van der Waals surface area (Å²) < 4.78 is 0. The molecule has 2 rings (SSSR count). The average Bonchev–Trinajstić information content (AvgIpc) is 2.40.